The number of halogens is 1. The lowest BCUT2D eigenvalue weighted by molar-refractivity contribution is 0.330. The Hall–Kier alpha value is -1.02. The number of methoxy groups -OCH3 is 1. The molecule has 5 nitrogen and oxygen atoms in total. The van der Waals surface area contributed by atoms with Gasteiger partial charge in [0.2, 0.25) is 0 Å². The summed E-state index contributed by atoms with van der Waals surface area (Å²) in [6.45, 7) is 7.73. The van der Waals surface area contributed by atoms with Gasteiger partial charge >= 0.3 is 0 Å². The number of ether oxygens (including phenoxy) is 1. The number of aliphatic imine (C=N–C) groups is 1. The Kier molecular flexibility index (Phi) is 11.7. The van der Waals surface area contributed by atoms with Crippen molar-refractivity contribution < 1.29 is 4.74 Å². The molecule has 26 heavy (non-hydrogen) atoms. The standard InChI is InChI=1S/C20H34N4O.HI/c1-17-8-9-18(16-19(17)25-3)10-12-23-20(21-2)22-11-4-5-13-24-14-6-7-15-24;/h8-9,16H,4-7,10-15H2,1-3H3,(H2,21,22,23);1H. The van der Waals surface area contributed by atoms with E-state index < -0.39 is 0 Å². The summed E-state index contributed by atoms with van der Waals surface area (Å²) in [5.74, 6) is 1.85. The van der Waals surface area contributed by atoms with Crippen LogP contribution in [0.1, 0.15) is 36.8 Å². The van der Waals surface area contributed by atoms with Gasteiger partial charge in [0, 0.05) is 20.1 Å². The Labute approximate surface area is 176 Å². The molecule has 0 atom stereocenters. The largest absolute Gasteiger partial charge is 0.496 e. The third-order valence-corrected chi connectivity index (χ3v) is 4.79. The van der Waals surface area contributed by atoms with Crippen LogP contribution in [0, 0.1) is 6.92 Å². The molecule has 1 aliphatic heterocycles. The van der Waals surface area contributed by atoms with E-state index in [1.165, 1.54) is 56.4 Å². The van der Waals surface area contributed by atoms with E-state index in [2.05, 4.69) is 45.6 Å². The monoisotopic (exact) mass is 474 g/mol. The fourth-order valence-corrected chi connectivity index (χ4v) is 3.24. The molecule has 0 saturated carbocycles. The molecule has 0 amide bonds. The maximum atomic E-state index is 5.39. The van der Waals surface area contributed by atoms with Crippen molar-refractivity contribution in [3.63, 3.8) is 0 Å². The normalized spacial score (nSPS) is 14.8. The third kappa shape index (κ3) is 8.12. The lowest BCUT2D eigenvalue weighted by Crippen LogP contribution is -2.38. The summed E-state index contributed by atoms with van der Waals surface area (Å²) in [5, 5.41) is 6.80. The molecule has 0 radical (unpaired) electrons. The molecule has 0 aliphatic carbocycles. The van der Waals surface area contributed by atoms with Gasteiger partial charge in [0.25, 0.3) is 0 Å². The van der Waals surface area contributed by atoms with Crippen molar-refractivity contribution in [2.75, 3.05) is 46.9 Å². The number of nitrogens with zero attached hydrogens (tertiary/aromatic N) is 2. The van der Waals surface area contributed by atoms with Gasteiger partial charge < -0.3 is 20.3 Å². The molecule has 2 rings (SSSR count). The second-order valence-corrected chi connectivity index (χ2v) is 6.74. The van der Waals surface area contributed by atoms with E-state index in [1.807, 2.05) is 7.05 Å². The van der Waals surface area contributed by atoms with Crippen LogP contribution in [0.15, 0.2) is 23.2 Å². The van der Waals surface area contributed by atoms with Crippen LogP contribution in [0.3, 0.4) is 0 Å². The molecule has 0 aromatic heterocycles. The van der Waals surface area contributed by atoms with E-state index in [-0.39, 0.29) is 24.0 Å². The second kappa shape index (κ2) is 13.2. The topological polar surface area (TPSA) is 48.9 Å². The predicted octanol–water partition coefficient (Wildman–Crippen LogP) is 3.21. The molecule has 2 N–H and O–H groups in total. The molecule has 0 unspecified atom stereocenters. The average Bonchev–Trinajstić information content (AvgIpc) is 3.14. The first-order valence-electron chi connectivity index (χ1n) is 9.53. The summed E-state index contributed by atoms with van der Waals surface area (Å²) in [7, 11) is 3.55. The first kappa shape index (κ1) is 23.0. The molecule has 0 spiro atoms. The summed E-state index contributed by atoms with van der Waals surface area (Å²) in [4.78, 5) is 6.87. The molecule has 1 saturated heterocycles. The van der Waals surface area contributed by atoms with Crippen LogP contribution in [0.25, 0.3) is 0 Å². The molecule has 1 aromatic carbocycles. The molecule has 6 heteroatoms. The first-order valence-corrected chi connectivity index (χ1v) is 9.53. The molecule has 0 bridgehead atoms. The van der Waals surface area contributed by atoms with Gasteiger partial charge in [-0.15, -0.1) is 24.0 Å². The minimum atomic E-state index is 0. The number of hydrogen-bond acceptors (Lipinski definition) is 3. The fraction of sp³-hybridized carbons (Fsp3) is 0.650. The lowest BCUT2D eigenvalue weighted by atomic mass is 10.1. The van der Waals surface area contributed by atoms with Crippen LogP contribution in [-0.4, -0.2) is 57.7 Å². The highest BCUT2D eigenvalue weighted by Crippen LogP contribution is 2.18. The van der Waals surface area contributed by atoms with Crippen LogP contribution >= 0.6 is 24.0 Å². The van der Waals surface area contributed by atoms with Gasteiger partial charge in [-0.25, -0.2) is 0 Å². The molecule has 1 heterocycles. The van der Waals surface area contributed by atoms with Gasteiger partial charge in [-0.2, -0.15) is 0 Å². The summed E-state index contributed by atoms with van der Waals surface area (Å²) >= 11 is 0. The minimum absolute atomic E-state index is 0. The fourth-order valence-electron chi connectivity index (χ4n) is 3.24. The van der Waals surface area contributed by atoms with Gasteiger partial charge in [0.05, 0.1) is 7.11 Å². The van der Waals surface area contributed by atoms with Gasteiger partial charge in [0.1, 0.15) is 5.75 Å². The number of rotatable bonds is 9. The van der Waals surface area contributed by atoms with E-state index in [9.17, 15) is 0 Å². The number of hydrogen-bond donors (Lipinski definition) is 2. The smallest absolute Gasteiger partial charge is 0.190 e. The Morgan fingerprint density at radius 1 is 1.15 bits per heavy atom. The van der Waals surface area contributed by atoms with E-state index in [0.29, 0.717) is 0 Å². The summed E-state index contributed by atoms with van der Waals surface area (Å²) in [6, 6.07) is 6.39. The van der Waals surface area contributed by atoms with Gasteiger partial charge in [0.15, 0.2) is 5.96 Å². The number of unbranched alkanes of at least 4 members (excludes halogenated alkanes) is 1. The van der Waals surface area contributed by atoms with Crippen LogP contribution in [0.5, 0.6) is 5.75 Å². The lowest BCUT2D eigenvalue weighted by Gasteiger charge is -2.15. The molecule has 1 aromatic rings. The van der Waals surface area contributed by atoms with Gasteiger partial charge in [-0.05, 0) is 75.9 Å². The molecule has 148 valence electrons. The molecular weight excluding hydrogens is 439 g/mol. The number of nitrogens with one attached hydrogen (secondary N) is 2. The Morgan fingerprint density at radius 3 is 2.58 bits per heavy atom. The van der Waals surface area contributed by atoms with Crippen LogP contribution in [0.4, 0.5) is 0 Å². The number of benzene rings is 1. The average molecular weight is 474 g/mol. The minimum Gasteiger partial charge on any atom is -0.496 e. The van der Waals surface area contributed by atoms with Crippen molar-refractivity contribution in [3.05, 3.63) is 29.3 Å². The van der Waals surface area contributed by atoms with Crippen molar-refractivity contribution in [2.24, 2.45) is 4.99 Å². The Bertz CT molecular complexity index is 545. The second-order valence-electron chi connectivity index (χ2n) is 6.74. The number of likely N-dealkylation sites (tertiary alicyclic amines) is 1. The van der Waals surface area contributed by atoms with Crippen molar-refractivity contribution in [1.29, 1.82) is 0 Å². The van der Waals surface area contributed by atoms with E-state index in [0.717, 1.165) is 31.2 Å². The third-order valence-electron chi connectivity index (χ3n) is 4.79. The SMILES string of the molecule is CN=C(NCCCCN1CCCC1)NCCc1ccc(C)c(OC)c1.I. The maximum Gasteiger partial charge on any atom is 0.190 e. The maximum absolute atomic E-state index is 5.39. The highest BCUT2D eigenvalue weighted by molar-refractivity contribution is 14.0. The van der Waals surface area contributed by atoms with Crippen molar-refractivity contribution in [3.8, 4) is 5.75 Å². The first-order chi connectivity index (χ1) is 12.2. The highest BCUT2D eigenvalue weighted by Gasteiger charge is 2.10. The van der Waals surface area contributed by atoms with Crippen molar-refractivity contribution in [2.45, 2.75) is 39.0 Å². The number of aryl methyl sites for hydroxylation is 1. The zero-order valence-corrected chi connectivity index (χ0v) is 18.8. The van der Waals surface area contributed by atoms with Gasteiger partial charge in [-0.1, -0.05) is 12.1 Å². The predicted molar refractivity (Wildman–Crippen MR) is 121 cm³/mol. The Balaban J connectivity index is 0.00000338. The van der Waals surface area contributed by atoms with Crippen LogP contribution < -0.4 is 15.4 Å². The Morgan fingerprint density at radius 2 is 1.88 bits per heavy atom. The van der Waals surface area contributed by atoms with E-state index in [4.69, 9.17) is 4.74 Å². The summed E-state index contributed by atoms with van der Waals surface area (Å²) in [5.41, 5.74) is 2.45. The highest BCUT2D eigenvalue weighted by atomic mass is 127. The van der Waals surface area contributed by atoms with E-state index >= 15 is 0 Å². The van der Waals surface area contributed by atoms with Crippen LogP contribution in [0.2, 0.25) is 0 Å². The van der Waals surface area contributed by atoms with E-state index in [1.54, 1.807) is 7.11 Å². The summed E-state index contributed by atoms with van der Waals surface area (Å²) in [6.07, 6.45) is 6.15. The molecular formula is C20H35IN4O. The zero-order valence-electron chi connectivity index (χ0n) is 16.5. The van der Waals surface area contributed by atoms with Crippen LogP contribution in [-0.2, 0) is 6.42 Å². The van der Waals surface area contributed by atoms with Crippen molar-refractivity contribution >= 4 is 29.9 Å². The molecule has 1 fully saturated rings. The quantitative estimate of drug-likeness (QED) is 0.250. The zero-order chi connectivity index (χ0) is 17.9. The van der Waals surface area contributed by atoms with Gasteiger partial charge in [-0.3, -0.25) is 4.99 Å². The summed E-state index contributed by atoms with van der Waals surface area (Å²) < 4.78 is 5.39. The molecule has 1 aliphatic rings. The van der Waals surface area contributed by atoms with Crippen molar-refractivity contribution in [1.82, 2.24) is 15.5 Å². The number of guanidine groups is 1.